The Labute approximate surface area is 158 Å². The second kappa shape index (κ2) is 7.70. The molecule has 0 saturated carbocycles. The summed E-state index contributed by atoms with van der Waals surface area (Å²) in [5, 5.41) is 2.94. The Morgan fingerprint density at radius 3 is 2.33 bits per heavy atom. The van der Waals surface area contributed by atoms with E-state index in [1.54, 1.807) is 11.0 Å². The van der Waals surface area contributed by atoms with Crippen LogP contribution in [0, 0.1) is 5.92 Å². The molecule has 0 bridgehead atoms. The Morgan fingerprint density at radius 2 is 1.59 bits per heavy atom. The van der Waals surface area contributed by atoms with Crippen LogP contribution in [0.2, 0.25) is 0 Å². The number of likely N-dealkylation sites (tertiary alicyclic amines) is 1. The Balaban J connectivity index is 1.30. The molecule has 6 nitrogen and oxygen atoms in total. The lowest BCUT2D eigenvalue weighted by Gasteiger charge is -2.35. The van der Waals surface area contributed by atoms with Gasteiger partial charge in [0.1, 0.15) is 6.61 Å². The molecule has 2 aliphatic heterocycles. The van der Waals surface area contributed by atoms with Crippen molar-refractivity contribution in [3.05, 3.63) is 54.6 Å². The lowest BCUT2D eigenvalue weighted by Crippen LogP contribution is -2.49. The minimum atomic E-state index is -0.630. The molecule has 1 atom stereocenters. The summed E-state index contributed by atoms with van der Waals surface area (Å²) in [7, 11) is 0. The molecular formula is C21H22N2O4. The maximum absolute atomic E-state index is 12.8. The number of carbonyl (C=O) groups excluding carboxylic acids is 2. The van der Waals surface area contributed by atoms with E-state index in [0.717, 1.165) is 5.69 Å². The van der Waals surface area contributed by atoms with Gasteiger partial charge >= 0.3 is 0 Å². The number of para-hydroxylation sites is 3. The van der Waals surface area contributed by atoms with Crippen LogP contribution in [0.1, 0.15) is 12.8 Å². The molecule has 0 spiro atoms. The van der Waals surface area contributed by atoms with Crippen molar-refractivity contribution in [3.63, 3.8) is 0 Å². The van der Waals surface area contributed by atoms with Crippen molar-refractivity contribution in [3.8, 4) is 11.5 Å². The predicted octanol–water partition coefficient (Wildman–Crippen LogP) is 2.70. The highest BCUT2D eigenvalue weighted by atomic mass is 16.6. The molecule has 2 heterocycles. The fourth-order valence-corrected chi connectivity index (χ4v) is 3.47. The highest BCUT2D eigenvalue weighted by Crippen LogP contribution is 2.31. The Morgan fingerprint density at radius 1 is 0.926 bits per heavy atom. The first-order valence-electron chi connectivity index (χ1n) is 9.24. The summed E-state index contributed by atoms with van der Waals surface area (Å²) < 4.78 is 11.4. The number of rotatable bonds is 3. The molecule has 1 saturated heterocycles. The van der Waals surface area contributed by atoms with Gasteiger partial charge in [-0.25, -0.2) is 0 Å². The SMILES string of the molecule is O=C(Nc1ccccc1)C1CCN(C(=O)[C@@H]2COc3ccccc3O2)CC1. The van der Waals surface area contributed by atoms with Crippen LogP contribution in [0.5, 0.6) is 11.5 Å². The van der Waals surface area contributed by atoms with Gasteiger partial charge in [-0.1, -0.05) is 30.3 Å². The molecule has 2 aromatic carbocycles. The van der Waals surface area contributed by atoms with Gasteiger partial charge < -0.3 is 19.7 Å². The normalized spacial score (nSPS) is 19.4. The number of nitrogens with zero attached hydrogens (tertiary/aromatic N) is 1. The summed E-state index contributed by atoms with van der Waals surface area (Å²) in [6.45, 7) is 1.31. The van der Waals surface area contributed by atoms with Crippen LogP contribution in [0.4, 0.5) is 5.69 Å². The van der Waals surface area contributed by atoms with Gasteiger partial charge in [-0.3, -0.25) is 9.59 Å². The lowest BCUT2D eigenvalue weighted by atomic mass is 9.95. The quantitative estimate of drug-likeness (QED) is 0.907. The third-order valence-corrected chi connectivity index (χ3v) is 5.00. The van der Waals surface area contributed by atoms with Crippen molar-refractivity contribution in [1.29, 1.82) is 0 Å². The lowest BCUT2D eigenvalue weighted by molar-refractivity contribution is -0.143. The molecular weight excluding hydrogens is 344 g/mol. The second-order valence-electron chi connectivity index (χ2n) is 6.82. The molecule has 0 aromatic heterocycles. The fourth-order valence-electron chi connectivity index (χ4n) is 3.47. The number of hydrogen-bond donors (Lipinski definition) is 1. The number of anilines is 1. The fraction of sp³-hybridized carbons (Fsp3) is 0.333. The highest BCUT2D eigenvalue weighted by molar-refractivity contribution is 5.92. The first kappa shape index (κ1) is 17.4. The summed E-state index contributed by atoms with van der Waals surface area (Å²) in [6, 6.07) is 16.8. The zero-order valence-electron chi connectivity index (χ0n) is 15.0. The van der Waals surface area contributed by atoms with Gasteiger partial charge in [0.25, 0.3) is 5.91 Å². The summed E-state index contributed by atoms with van der Waals surface area (Å²) in [4.78, 5) is 26.9. The molecule has 4 rings (SSSR count). The van der Waals surface area contributed by atoms with Gasteiger partial charge in [-0.15, -0.1) is 0 Å². The number of ether oxygens (including phenoxy) is 2. The maximum Gasteiger partial charge on any atom is 0.267 e. The van der Waals surface area contributed by atoms with E-state index in [1.807, 2.05) is 48.5 Å². The molecule has 1 N–H and O–H groups in total. The minimum Gasteiger partial charge on any atom is -0.485 e. The maximum atomic E-state index is 12.8. The third kappa shape index (κ3) is 3.89. The van der Waals surface area contributed by atoms with Crippen LogP contribution in [0.25, 0.3) is 0 Å². The van der Waals surface area contributed by atoms with E-state index >= 15 is 0 Å². The van der Waals surface area contributed by atoms with Gasteiger partial charge in [0.05, 0.1) is 0 Å². The zero-order chi connectivity index (χ0) is 18.6. The zero-order valence-corrected chi connectivity index (χ0v) is 15.0. The first-order chi connectivity index (χ1) is 13.2. The van der Waals surface area contributed by atoms with E-state index < -0.39 is 6.10 Å². The van der Waals surface area contributed by atoms with Crippen LogP contribution in [0.15, 0.2) is 54.6 Å². The summed E-state index contributed by atoms with van der Waals surface area (Å²) in [5.41, 5.74) is 0.799. The second-order valence-corrected chi connectivity index (χ2v) is 6.82. The smallest absolute Gasteiger partial charge is 0.267 e. The third-order valence-electron chi connectivity index (χ3n) is 5.00. The van der Waals surface area contributed by atoms with Gasteiger partial charge in [0.15, 0.2) is 11.5 Å². The number of nitrogens with one attached hydrogen (secondary N) is 1. The largest absolute Gasteiger partial charge is 0.485 e. The molecule has 2 aromatic rings. The number of piperidine rings is 1. The van der Waals surface area contributed by atoms with Crippen molar-refractivity contribution in [2.45, 2.75) is 18.9 Å². The van der Waals surface area contributed by atoms with Crippen LogP contribution in [-0.2, 0) is 9.59 Å². The van der Waals surface area contributed by atoms with E-state index in [4.69, 9.17) is 9.47 Å². The van der Waals surface area contributed by atoms with Crippen molar-refractivity contribution < 1.29 is 19.1 Å². The van der Waals surface area contributed by atoms with Crippen molar-refractivity contribution >= 4 is 17.5 Å². The number of fused-ring (bicyclic) bond motifs is 1. The average Bonchev–Trinajstić information content (AvgIpc) is 2.73. The minimum absolute atomic E-state index is 0.0134. The number of carbonyl (C=O) groups is 2. The van der Waals surface area contributed by atoms with E-state index in [9.17, 15) is 9.59 Å². The van der Waals surface area contributed by atoms with Crippen LogP contribution >= 0.6 is 0 Å². The highest BCUT2D eigenvalue weighted by Gasteiger charge is 2.34. The molecule has 0 aliphatic carbocycles. The van der Waals surface area contributed by atoms with Crippen molar-refractivity contribution in [1.82, 2.24) is 4.90 Å². The molecule has 2 aliphatic rings. The summed E-state index contributed by atoms with van der Waals surface area (Å²) >= 11 is 0. The Bertz CT molecular complexity index is 816. The van der Waals surface area contributed by atoms with E-state index in [1.165, 1.54) is 0 Å². The molecule has 27 heavy (non-hydrogen) atoms. The number of amides is 2. The van der Waals surface area contributed by atoms with Crippen LogP contribution < -0.4 is 14.8 Å². The average molecular weight is 366 g/mol. The first-order valence-corrected chi connectivity index (χ1v) is 9.24. The summed E-state index contributed by atoms with van der Waals surface area (Å²) in [6.07, 6.45) is 0.665. The van der Waals surface area contributed by atoms with Gasteiger partial charge in [-0.05, 0) is 37.1 Å². The van der Waals surface area contributed by atoms with Crippen molar-refractivity contribution in [2.24, 2.45) is 5.92 Å². The van der Waals surface area contributed by atoms with E-state index in [2.05, 4.69) is 5.32 Å². The monoisotopic (exact) mass is 366 g/mol. The van der Waals surface area contributed by atoms with E-state index in [0.29, 0.717) is 37.4 Å². The predicted molar refractivity (Wildman–Crippen MR) is 101 cm³/mol. The van der Waals surface area contributed by atoms with Crippen LogP contribution in [-0.4, -0.2) is 42.5 Å². The van der Waals surface area contributed by atoms with E-state index in [-0.39, 0.29) is 24.3 Å². The molecule has 0 radical (unpaired) electrons. The molecule has 2 amide bonds. The van der Waals surface area contributed by atoms with Crippen molar-refractivity contribution in [2.75, 3.05) is 25.0 Å². The molecule has 1 fully saturated rings. The topological polar surface area (TPSA) is 67.9 Å². The number of hydrogen-bond acceptors (Lipinski definition) is 4. The number of benzene rings is 2. The molecule has 6 heteroatoms. The molecule has 140 valence electrons. The van der Waals surface area contributed by atoms with Crippen LogP contribution in [0.3, 0.4) is 0 Å². The van der Waals surface area contributed by atoms with Gasteiger partial charge in [-0.2, -0.15) is 0 Å². The molecule has 0 unspecified atom stereocenters. The standard InChI is InChI=1S/C21H22N2O4/c24-20(22-16-6-2-1-3-7-16)15-10-12-23(13-11-15)21(25)19-14-26-17-8-4-5-9-18(17)27-19/h1-9,15,19H,10-14H2,(H,22,24)/t19-/m0/s1. The Hall–Kier alpha value is -3.02. The Kier molecular flexibility index (Phi) is 4.96. The van der Waals surface area contributed by atoms with Gasteiger partial charge in [0.2, 0.25) is 12.0 Å². The van der Waals surface area contributed by atoms with Gasteiger partial charge in [0, 0.05) is 24.7 Å². The summed E-state index contributed by atoms with van der Waals surface area (Å²) in [5.74, 6) is 1.11.